The second-order valence-electron chi connectivity index (χ2n) is 8.45. The molecule has 4 rings (SSSR count). The number of rotatable bonds is 5. The fourth-order valence-electron chi connectivity index (χ4n) is 4.48. The molecular weight excluding hydrogens is 418 g/mol. The van der Waals surface area contributed by atoms with E-state index in [9.17, 15) is 18.4 Å². The minimum atomic E-state index is -2.95. The molecule has 172 valence electrons. The average Bonchev–Trinajstić information content (AvgIpc) is 3.24. The van der Waals surface area contributed by atoms with E-state index in [1.807, 2.05) is 6.07 Å². The van der Waals surface area contributed by atoms with Crippen molar-refractivity contribution in [3.8, 4) is 0 Å². The molecule has 2 aromatic rings. The minimum Gasteiger partial charge on any atom is -0.461 e. The van der Waals surface area contributed by atoms with Gasteiger partial charge in [-0.25, -0.2) is 13.6 Å². The summed E-state index contributed by atoms with van der Waals surface area (Å²) in [6, 6.07) is 6.20. The lowest BCUT2D eigenvalue weighted by atomic mass is 10.1. The molecule has 2 aliphatic rings. The molecule has 1 saturated heterocycles. The number of ether oxygens (including phenoxy) is 1. The van der Waals surface area contributed by atoms with E-state index in [2.05, 4.69) is 36.0 Å². The van der Waals surface area contributed by atoms with E-state index in [0.717, 1.165) is 0 Å². The Hall–Kier alpha value is -2.97. The van der Waals surface area contributed by atoms with Crippen molar-refractivity contribution in [3.05, 3.63) is 46.3 Å². The monoisotopic (exact) mass is 446 g/mol. The number of hydrogen-bond donors (Lipinski definition) is 0. The average molecular weight is 446 g/mol. The van der Waals surface area contributed by atoms with Crippen molar-refractivity contribution in [1.29, 1.82) is 0 Å². The van der Waals surface area contributed by atoms with Crippen molar-refractivity contribution in [1.82, 2.24) is 14.7 Å². The molecule has 1 fully saturated rings. The maximum atomic E-state index is 14.0. The highest BCUT2D eigenvalue weighted by Gasteiger charge is 2.44. The Morgan fingerprint density at radius 2 is 1.84 bits per heavy atom. The van der Waals surface area contributed by atoms with Gasteiger partial charge >= 0.3 is 5.97 Å². The molecule has 0 atom stereocenters. The summed E-state index contributed by atoms with van der Waals surface area (Å²) in [5.41, 5.74) is 3.96. The number of halogens is 2. The second-order valence-corrected chi connectivity index (χ2v) is 8.45. The minimum absolute atomic E-state index is 0.105. The molecule has 1 aromatic heterocycles. The number of benzene rings is 1. The first kappa shape index (κ1) is 22.2. The van der Waals surface area contributed by atoms with Crippen LogP contribution in [0, 0.1) is 13.8 Å². The van der Waals surface area contributed by atoms with E-state index in [1.165, 1.54) is 21.5 Å². The Bertz CT molecular complexity index is 1040. The van der Waals surface area contributed by atoms with Gasteiger partial charge in [0, 0.05) is 49.5 Å². The summed E-state index contributed by atoms with van der Waals surface area (Å²) in [6.07, 6.45) is -1.08. The lowest BCUT2D eigenvalue weighted by Crippen LogP contribution is -2.50. The van der Waals surface area contributed by atoms with Crippen molar-refractivity contribution >= 4 is 17.6 Å². The normalized spacial score (nSPS) is 17.4. The number of amides is 1. The zero-order chi connectivity index (χ0) is 23.0. The van der Waals surface area contributed by atoms with Crippen LogP contribution in [0.4, 0.5) is 14.5 Å². The molecule has 1 amide bonds. The maximum Gasteiger partial charge on any atom is 0.359 e. The topological polar surface area (TPSA) is 67.7 Å². The summed E-state index contributed by atoms with van der Waals surface area (Å²) in [5.74, 6) is -3.87. The quantitative estimate of drug-likeness (QED) is 0.661. The summed E-state index contributed by atoms with van der Waals surface area (Å²) in [4.78, 5) is 29.1. The molecule has 0 N–H and O–H groups in total. The number of nitrogens with zero attached hydrogens (tertiary/aromatic N) is 4. The van der Waals surface area contributed by atoms with E-state index in [-0.39, 0.29) is 36.0 Å². The van der Waals surface area contributed by atoms with Crippen LogP contribution >= 0.6 is 0 Å². The first-order valence-electron chi connectivity index (χ1n) is 10.9. The molecule has 9 heteroatoms. The molecule has 0 saturated carbocycles. The second kappa shape index (κ2) is 8.52. The fourth-order valence-corrected chi connectivity index (χ4v) is 4.48. The van der Waals surface area contributed by atoms with E-state index in [1.54, 1.807) is 11.8 Å². The number of hydrogen-bond acceptors (Lipinski definition) is 5. The maximum absolute atomic E-state index is 14.0. The van der Waals surface area contributed by atoms with Crippen molar-refractivity contribution < 1.29 is 23.1 Å². The molecule has 0 unspecified atom stereocenters. The third kappa shape index (κ3) is 4.20. The highest BCUT2D eigenvalue weighted by molar-refractivity contribution is 5.89. The predicted octanol–water partition coefficient (Wildman–Crippen LogP) is 2.76. The SMILES string of the molecule is CCOC(=O)c1nn(CC(=O)N2CCN(c3cccc(C)c3C)CC2)c2c1CC(F)(F)C2. The number of anilines is 1. The molecule has 2 heterocycles. The third-order valence-corrected chi connectivity index (χ3v) is 6.33. The van der Waals surface area contributed by atoms with Gasteiger partial charge in [0.15, 0.2) is 5.69 Å². The summed E-state index contributed by atoms with van der Waals surface area (Å²) < 4.78 is 34.3. The molecule has 7 nitrogen and oxygen atoms in total. The number of esters is 1. The highest BCUT2D eigenvalue weighted by Crippen LogP contribution is 2.36. The van der Waals surface area contributed by atoms with Gasteiger partial charge in [-0.3, -0.25) is 9.48 Å². The van der Waals surface area contributed by atoms with E-state index in [0.29, 0.717) is 26.2 Å². The van der Waals surface area contributed by atoms with Crippen LogP contribution in [0.1, 0.15) is 39.8 Å². The van der Waals surface area contributed by atoms with Crippen LogP contribution < -0.4 is 4.90 Å². The fraction of sp³-hybridized carbons (Fsp3) is 0.522. The predicted molar refractivity (Wildman–Crippen MR) is 115 cm³/mol. The van der Waals surface area contributed by atoms with Gasteiger partial charge in [0.2, 0.25) is 5.91 Å². The van der Waals surface area contributed by atoms with E-state index in [4.69, 9.17) is 4.74 Å². The molecule has 0 radical (unpaired) electrons. The van der Waals surface area contributed by atoms with Crippen LogP contribution in [-0.4, -0.2) is 65.3 Å². The van der Waals surface area contributed by atoms with Crippen LogP contribution in [0.2, 0.25) is 0 Å². The molecule has 0 bridgehead atoms. The van der Waals surface area contributed by atoms with Crippen LogP contribution in [0.25, 0.3) is 0 Å². The van der Waals surface area contributed by atoms with E-state index >= 15 is 0 Å². The molecule has 1 aromatic carbocycles. The van der Waals surface area contributed by atoms with Gasteiger partial charge in [-0.2, -0.15) is 5.10 Å². The lowest BCUT2D eigenvalue weighted by Gasteiger charge is -2.37. The lowest BCUT2D eigenvalue weighted by molar-refractivity contribution is -0.132. The Balaban J connectivity index is 1.45. The number of aryl methyl sites for hydroxylation is 1. The first-order chi connectivity index (χ1) is 15.2. The molecular formula is C23H28F2N4O3. The summed E-state index contributed by atoms with van der Waals surface area (Å²) >= 11 is 0. The molecule has 32 heavy (non-hydrogen) atoms. The standard InChI is InChI=1S/C23H28F2N4O3/c1-4-32-22(31)21-17-12-23(24,25)13-19(17)29(26-21)14-20(30)28-10-8-27(9-11-28)18-7-5-6-15(2)16(18)3/h5-7H,4,8-14H2,1-3H3. The van der Waals surface area contributed by atoms with Crippen LogP contribution in [-0.2, 0) is 28.9 Å². The molecule has 0 spiro atoms. The first-order valence-corrected chi connectivity index (χ1v) is 10.9. The molecule has 1 aliphatic heterocycles. The van der Waals surface area contributed by atoms with Crippen LogP contribution in [0.15, 0.2) is 18.2 Å². The highest BCUT2D eigenvalue weighted by atomic mass is 19.3. The smallest absolute Gasteiger partial charge is 0.359 e. The van der Waals surface area contributed by atoms with Gasteiger partial charge in [0.05, 0.1) is 13.0 Å². The van der Waals surface area contributed by atoms with Gasteiger partial charge in [0.25, 0.3) is 5.92 Å². The van der Waals surface area contributed by atoms with Crippen molar-refractivity contribution in [2.45, 2.75) is 46.1 Å². The molecule has 1 aliphatic carbocycles. The van der Waals surface area contributed by atoms with Gasteiger partial charge < -0.3 is 14.5 Å². The van der Waals surface area contributed by atoms with Gasteiger partial charge in [-0.05, 0) is 38.0 Å². The van der Waals surface area contributed by atoms with E-state index < -0.39 is 24.7 Å². The number of fused-ring (bicyclic) bond motifs is 1. The summed E-state index contributed by atoms with van der Waals surface area (Å²) in [7, 11) is 0. The number of carbonyl (C=O) groups excluding carboxylic acids is 2. The number of aromatic nitrogens is 2. The van der Waals surface area contributed by atoms with Crippen molar-refractivity contribution in [2.75, 3.05) is 37.7 Å². The summed E-state index contributed by atoms with van der Waals surface area (Å²) in [5, 5.41) is 4.19. The van der Waals surface area contributed by atoms with Crippen molar-refractivity contribution in [2.24, 2.45) is 0 Å². The van der Waals surface area contributed by atoms with Crippen LogP contribution in [0.5, 0.6) is 0 Å². The largest absolute Gasteiger partial charge is 0.461 e. The zero-order valence-corrected chi connectivity index (χ0v) is 18.7. The number of piperazine rings is 1. The number of alkyl halides is 2. The van der Waals surface area contributed by atoms with Gasteiger partial charge in [-0.15, -0.1) is 0 Å². The van der Waals surface area contributed by atoms with Gasteiger partial charge in [0.1, 0.15) is 6.54 Å². The Morgan fingerprint density at radius 1 is 1.12 bits per heavy atom. The third-order valence-electron chi connectivity index (χ3n) is 6.33. The number of carbonyl (C=O) groups is 2. The zero-order valence-electron chi connectivity index (χ0n) is 18.7. The Kier molecular flexibility index (Phi) is 5.92. The summed E-state index contributed by atoms with van der Waals surface area (Å²) in [6.45, 7) is 8.24. The Morgan fingerprint density at radius 3 is 2.53 bits per heavy atom. The van der Waals surface area contributed by atoms with Crippen LogP contribution in [0.3, 0.4) is 0 Å². The van der Waals surface area contributed by atoms with Gasteiger partial charge in [-0.1, -0.05) is 12.1 Å². The van der Waals surface area contributed by atoms with Crippen molar-refractivity contribution in [3.63, 3.8) is 0 Å². The Labute approximate surface area is 185 Å².